The number of anilines is 2. The lowest BCUT2D eigenvalue weighted by Crippen LogP contribution is -2.45. The Morgan fingerprint density at radius 1 is 1.13 bits per heavy atom. The van der Waals surface area contributed by atoms with Crippen LogP contribution in [0.2, 0.25) is 0 Å². The summed E-state index contributed by atoms with van der Waals surface area (Å²) in [6.07, 6.45) is 3.48. The number of hydrogen-bond donors (Lipinski definition) is 1. The average molecular weight is 505 g/mol. The van der Waals surface area contributed by atoms with E-state index in [2.05, 4.69) is 42.7 Å². The Labute approximate surface area is 193 Å². The first-order valence-corrected chi connectivity index (χ1v) is 11.4. The van der Waals surface area contributed by atoms with Gasteiger partial charge in [-0.15, -0.1) is 0 Å². The van der Waals surface area contributed by atoms with E-state index in [1.54, 1.807) is 30.6 Å². The van der Waals surface area contributed by atoms with E-state index in [0.717, 1.165) is 41.5 Å². The predicted molar refractivity (Wildman–Crippen MR) is 123 cm³/mol. The largest absolute Gasteiger partial charge is 0.472 e. The van der Waals surface area contributed by atoms with Crippen LogP contribution in [0.5, 0.6) is 5.88 Å². The van der Waals surface area contributed by atoms with Crippen LogP contribution in [0.3, 0.4) is 0 Å². The van der Waals surface area contributed by atoms with Gasteiger partial charge in [-0.1, -0.05) is 17.8 Å². The second-order valence-electron chi connectivity index (χ2n) is 7.19. The van der Waals surface area contributed by atoms with Crippen molar-refractivity contribution in [1.82, 2.24) is 19.9 Å². The van der Waals surface area contributed by atoms with E-state index in [4.69, 9.17) is 15.5 Å². The van der Waals surface area contributed by atoms with E-state index in [0.29, 0.717) is 22.1 Å². The number of ether oxygens (including phenoxy) is 1. The predicted octanol–water partition coefficient (Wildman–Crippen LogP) is 3.84. The highest BCUT2D eigenvalue weighted by Gasteiger charge is 2.19. The lowest BCUT2D eigenvalue weighted by Gasteiger charge is -2.32. The number of piperazine rings is 1. The van der Waals surface area contributed by atoms with E-state index in [-0.39, 0.29) is 12.4 Å². The average Bonchev–Trinajstić information content (AvgIpc) is 2.77. The summed E-state index contributed by atoms with van der Waals surface area (Å²) in [4.78, 5) is 19.5. The molecular formula is C21H22BrFN6OS. The van der Waals surface area contributed by atoms with Crippen LogP contribution in [0.4, 0.5) is 16.2 Å². The number of likely N-dealkylation sites (N-methyl/N-ethyl adjacent to an activating group) is 1. The third-order valence-corrected chi connectivity index (χ3v) is 6.43. The van der Waals surface area contributed by atoms with Crippen LogP contribution in [0.25, 0.3) is 0 Å². The summed E-state index contributed by atoms with van der Waals surface area (Å²) in [7, 11) is 2.11. The molecular weight excluding hydrogens is 483 g/mol. The van der Waals surface area contributed by atoms with Gasteiger partial charge in [0.25, 0.3) is 0 Å². The fraction of sp³-hybridized carbons (Fsp3) is 0.286. The maximum absolute atomic E-state index is 13.5. The van der Waals surface area contributed by atoms with Gasteiger partial charge in [-0.25, -0.2) is 14.4 Å². The van der Waals surface area contributed by atoms with Crippen LogP contribution in [-0.2, 0) is 6.61 Å². The van der Waals surface area contributed by atoms with Crippen LogP contribution >= 0.6 is 27.7 Å². The minimum absolute atomic E-state index is 0.256. The van der Waals surface area contributed by atoms with E-state index < -0.39 is 0 Å². The Hall–Kier alpha value is -2.43. The standard InChI is InChI=1S/C21H22BrFN6OS/c1-28-6-8-29(9-7-28)21-26-12-18(31-15-3-5-19(24)25-11-15)20(27-21)30-13-14-2-4-17(23)16(22)10-14/h2-5,10-12H,6-9,13H2,1H3,(H2,24,25). The van der Waals surface area contributed by atoms with E-state index in [9.17, 15) is 4.39 Å². The number of pyridine rings is 1. The highest BCUT2D eigenvalue weighted by molar-refractivity contribution is 9.10. The topological polar surface area (TPSA) is 80.4 Å². The zero-order valence-electron chi connectivity index (χ0n) is 17.0. The van der Waals surface area contributed by atoms with Crippen molar-refractivity contribution in [3.8, 4) is 5.88 Å². The summed E-state index contributed by atoms with van der Waals surface area (Å²) in [6, 6.07) is 8.45. The number of aromatic nitrogens is 3. The van der Waals surface area contributed by atoms with E-state index >= 15 is 0 Å². The molecule has 0 bridgehead atoms. The van der Waals surface area contributed by atoms with Gasteiger partial charge in [0.1, 0.15) is 18.2 Å². The van der Waals surface area contributed by atoms with E-state index in [1.165, 1.54) is 17.8 Å². The molecule has 3 aromatic rings. The molecule has 4 rings (SSSR count). The van der Waals surface area contributed by atoms with Crippen molar-refractivity contribution in [1.29, 1.82) is 0 Å². The van der Waals surface area contributed by atoms with Gasteiger partial charge in [0, 0.05) is 37.3 Å². The Balaban J connectivity index is 1.58. The van der Waals surface area contributed by atoms with Crippen molar-refractivity contribution in [2.45, 2.75) is 16.4 Å². The Morgan fingerprint density at radius 2 is 1.94 bits per heavy atom. The van der Waals surface area contributed by atoms with Crippen LogP contribution in [0.1, 0.15) is 5.56 Å². The third kappa shape index (κ3) is 5.63. The number of hydrogen-bond acceptors (Lipinski definition) is 8. The molecule has 0 amide bonds. The minimum atomic E-state index is -0.310. The van der Waals surface area contributed by atoms with Gasteiger partial charge >= 0.3 is 0 Å². The molecule has 0 radical (unpaired) electrons. The maximum atomic E-state index is 13.5. The van der Waals surface area contributed by atoms with Crippen LogP contribution < -0.4 is 15.4 Å². The van der Waals surface area contributed by atoms with Crippen molar-refractivity contribution in [3.05, 3.63) is 58.6 Å². The van der Waals surface area contributed by atoms with Crippen molar-refractivity contribution < 1.29 is 9.13 Å². The smallest absolute Gasteiger partial charge is 0.232 e. The number of nitrogens with two attached hydrogens (primary N) is 1. The summed E-state index contributed by atoms with van der Waals surface area (Å²) < 4.78 is 20.0. The van der Waals surface area contributed by atoms with Crippen LogP contribution in [0, 0.1) is 5.82 Å². The molecule has 162 valence electrons. The molecule has 0 unspecified atom stereocenters. The van der Waals surface area contributed by atoms with Gasteiger partial charge in [-0.2, -0.15) is 4.98 Å². The first-order valence-electron chi connectivity index (χ1n) is 9.74. The molecule has 2 aromatic heterocycles. The summed E-state index contributed by atoms with van der Waals surface area (Å²) in [5.41, 5.74) is 6.52. The lowest BCUT2D eigenvalue weighted by atomic mass is 10.2. The number of nitrogen functional groups attached to an aromatic ring is 1. The molecule has 0 spiro atoms. The number of halogens is 2. The number of rotatable bonds is 6. The van der Waals surface area contributed by atoms with Gasteiger partial charge < -0.3 is 20.3 Å². The second-order valence-corrected chi connectivity index (χ2v) is 9.16. The molecule has 1 aromatic carbocycles. The molecule has 1 fully saturated rings. The lowest BCUT2D eigenvalue weighted by molar-refractivity contribution is 0.283. The third-order valence-electron chi connectivity index (χ3n) is 4.84. The highest BCUT2D eigenvalue weighted by Crippen LogP contribution is 2.35. The fourth-order valence-corrected chi connectivity index (χ4v) is 4.26. The molecule has 2 N–H and O–H groups in total. The monoisotopic (exact) mass is 504 g/mol. The molecule has 1 aliphatic heterocycles. The summed E-state index contributed by atoms with van der Waals surface area (Å²) in [5, 5.41) is 0. The van der Waals surface area contributed by atoms with Gasteiger partial charge in [0.2, 0.25) is 11.8 Å². The van der Waals surface area contributed by atoms with Gasteiger partial charge in [-0.3, -0.25) is 0 Å². The molecule has 7 nitrogen and oxygen atoms in total. The van der Waals surface area contributed by atoms with Gasteiger partial charge in [0.05, 0.1) is 15.6 Å². The van der Waals surface area contributed by atoms with Crippen molar-refractivity contribution in [2.75, 3.05) is 43.9 Å². The summed E-state index contributed by atoms with van der Waals surface area (Å²) in [5.74, 6) is 1.27. The summed E-state index contributed by atoms with van der Waals surface area (Å²) >= 11 is 4.67. The number of nitrogens with zero attached hydrogens (tertiary/aromatic N) is 5. The van der Waals surface area contributed by atoms with Crippen LogP contribution in [0.15, 0.2) is 57.0 Å². The molecule has 10 heteroatoms. The minimum Gasteiger partial charge on any atom is -0.472 e. The molecule has 0 saturated carbocycles. The Morgan fingerprint density at radius 3 is 2.65 bits per heavy atom. The Bertz CT molecular complexity index is 1050. The normalized spacial score (nSPS) is 14.6. The molecule has 3 heterocycles. The van der Waals surface area contributed by atoms with Crippen molar-refractivity contribution >= 4 is 39.5 Å². The zero-order chi connectivity index (χ0) is 21.8. The molecule has 0 atom stereocenters. The summed E-state index contributed by atoms with van der Waals surface area (Å²) in [6.45, 7) is 3.88. The van der Waals surface area contributed by atoms with E-state index in [1.807, 2.05) is 6.07 Å². The van der Waals surface area contributed by atoms with Crippen molar-refractivity contribution in [2.24, 2.45) is 0 Å². The van der Waals surface area contributed by atoms with Gasteiger partial charge in [0.15, 0.2) is 0 Å². The molecule has 31 heavy (non-hydrogen) atoms. The molecule has 0 aliphatic carbocycles. The number of benzene rings is 1. The highest BCUT2D eigenvalue weighted by atomic mass is 79.9. The van der Waals surface area contributed by atoms with Crippen molar-refractivity contribution in [3.63, 3.8) is 0 Å². The first kappa shape index (κ1) is 21.8. The molecule has 1 aliphatic rings. The van der Waals surface area contributed by atoms with Crippen LogP contribution in [-0.4, -0.2) is 53.1 Å². The fourth-order valence-electron chi connectivity index (χ4n) is 3.04. The quantitative estimate of drug-likeness (QED) is 0.542. The second kappa shape index (κ2) is 9.80. The molecule has 1 saturated heterocycles. The maximum Gasteiger partial charge on any atom is 0.232 e. The zero-order valence-corrected chi connectivity index (χ0v) is 19.4. The first-order chi connectivity index (χ1) is 15.0. The van der Waals surface area contributed by atoms with Gasteiger partial charge in [-0.05, 0) is 52.8 Å². The SMILES string of the molecule is CN1CCN(c2ncc(Sc3ccc(N)nc3)c(OCc3ccc(F)c(Br)c3)n2)CC1. The Kier molecular flexibility index (Phi) is 6.89.